The zero-order valence-electron chi connectivity index (χ0n) is 15.7. The molecule has 3 rings (SSSR count). The van der Waals surface area contributed by atoms with Gasteiger partial charge in [-0.25, -0.2) is 0 Å². The fourth-order valence-corrected chi connectivity index (χ4v) is 6.15. The highest BCUT2D eigenvalue weighted by molar-refractivity contribution is 7.00. The SMILES string of the molecule is CC(C)Cc1cc(-c2ccccc2)ncc1[Si](C)(C)c1ccccc1. The van der Waals surface area contributed by atoms with Crippen molar-refractivity contribution in [3.8, 4) is 11.3 Å². The molecule has 0 saturated carbocycles. The van der Waals surface area contributed by atoms with E-state index in [0.29, 0.717) is 5.92 Å². The molecule has 1 nitrogen and oxygen atoms in total. The van der Waals surface area contributed by atoms with Crippen molar-refractivity contribution < 1.29 is 0 Å². The molecule has 128 valence electrons. The predicted molar refractivity (Wildman–Crippen MR) is 111 cm³/mol. The number of hydrogen-bond acceptors (Lipinski definition) is 1. The van der Waals surface area contributed by atoms with Crippen LogP contribution in [0.2, 0.25) is 13.1 Å². The minimum Gasteiger partial charge on any atom is -0.256 e. The van der Waals surface area contributed by atoms with Crippen molar-refractivity contribution in [3.63, 3.8) is 0 Å². The van der Waals surface area contributed by atoms with Crippen LogP contribution in [0.4, 0.5) is 0 Å². The van der Waals surface area contributed by atoms with Crippen molar-refractivity contribution in [1.29, 1.82) is 0 Å². The van der Waals surface area contributed by atoms with Gasteiger partial charge < -0.3 is 0 Å². The number of aromatic nitrogens is 1. The highest BCUT2D eigenvalue weighted by Crippen LogP contribution is 2.20. The molecule has 2 aromatic carbocycles. The van der Waals surface area contributed by atoms with E-state index in [4.69, 9.17) is 4.98 Å². The Morgan fingerprint density at radius 3 is 2.08 bits per heavy atom. The van der Waals surface area contributed by atoms with Gasteiger partial charge in [-0.3, -0.25) is 4.98 Å². The third-order valence-corrected chi connectivity index (χ3v) is 8.43. The topological polar surface area (TPSA) is 12.9 Å². The monoisotopic (exact) mass is 345 g/mol. The third kappa shape index (κ3) is 3.90. The zero-order chi connectivity index (χ0) is 17.9. The van der Waals surface area contributed by atoms with Gasteiger partial charge in [0, 0.05) is 11.8 Å². The Bertz CT molecular complexity index is 823. The fraction of sp³-hybridized carbons (Fsp3) is 0.261. The molecule has 0 bridgehead atoms. The number of benzene rings is 2. The van der Waals surface area contributed by atoms with Crippen LogP contribution < -0.4 is 10.4 Å². The second-order valence-corrected chi connectivity index (χ2v) is 12.0. The maximum absolute atomic E-state index is 4.84. The van der Waals surface area contributed by atoms with E-state index in [1.54, 1.807) is 0 Å². The fourth-order valence-electron chi connectivity index (χ4n) is 3.45. The number of rotatable bonds is 5. The molecule has 0 saturated heterocycles. The minimum atomic E-state index is -1.75. The lowest BCUT2D eigenvalue weighted by atomic mass is 10.0. The van der Waals surface area contributed by atoms with Crippen LogP contribution in [-0.2, 0) is 6.42 Å². The van der Waals surface area contributed by atoms with Crippen LogP contribution in [0.15, 0.2) is 72.9 Å². The molecule has 0 atom stereocenters. The second kappa shape index (κ2) is 7.36. The molecule has 0 aliphatic carbocycles. The van der Waals surface area contributed by atoms with Crippen LogP contribution in [-0.4, -0.2) is 13.1 Å². The average Bonchev–Trinajstić information content (AvgIpc) is 2.62. The first-order valence-corrected chi connectivity index (χ1v) is 12.1. The molecule has 0 fully saturated rings. The summed E-state index contributed by atoms with van der Waals surface area (Å²) in [5.74, 6) is 0.630. The highest BCUT2D eigenvalue weighted by atomic mass is 28.3. The van der Waals surface area contributed by atoms with E-state index in [-0.39, 0.29) is 0 Å². The summed E-state index contributed by atoms with van der Waals surface area (Å²) in [6.07, 6.45) is 3.25. The molecule has 0 aliphatic heterocycles. The third-order valence-electron chi connectivity index (χ3n) is 4.86. The van der Waals surface area contributed by atoms with Crippen molar-refractivity contribution in [1.82, 2.24) is 4.98 Å². The molecule has 0 spiro atoms. The normalized spacial score (nSPS) is 11.7. The van der Waals surface area contributed by atoms with E-state index in [0.717, 1.165) is 12.1 Å². The summed E-state index contributed by atoms with van der Waals surface area (Å²) in [4.78, 5) is 4.84. The molecule has 25 heavy (non-hydrogen) atoms. The molecule has 0 unspecified atom stereocenters. The summed E-state index contributed by atoms with van der Waals surface area (Å²) in [7, 11) is -1.75. The molecule has 0 N–H and O–H groups in total. The Labute approximate surface area is 152 Å². The van der Waals surface area contributed by atoms with Crippen molar-refractivity contribution in [2.45, 2.75) is 33.4 Å². The summed E-state index contributed by atoms with van der Waals surface area (Å²) in [6.45, 7) is 9.46. The van der Waals surface area contributed by atoms with E-state index in [1.807, 2.05) is 0 Å². The first kappa shape index (κ1) is 17.6. The first-order valence-electron chi connectivity index (χ1n) is 9.09. The van der Waals surface area contributed by atoms with Gasteiger partial charge in [-0.2, -0.15) is 0 Å². The molecule has 0 aliphatic rings. The van der Waals surface area contributed by atoms with Gasteiger partial charge in [0.25, 0.3) is 0 Å². The Kier molecular flexibility index (Phi) is 5.19. The van der Waals surface area contributed by atoms with Gasteiger partial charge in [0.1, 0.15) is 8.07 Å². The molecule has 0 radical (unpaired) electrons. The van der Waals surface area contributed by atoms with Crippen LogP contribution in [0.5, 0.6) is 0 Å². The van der Waals surface area contributed by atoms with Crippen LogP contribution >= 0.6 is 0 Å². The average molecular weight is 346 g/mol. The van der Waals surface area contributed by atoms with E-state index in [2.05, 4.69) is 99.9 Å². The molecule has 1 heterocycles. The molecular weight excluding hydrogens is 318 g/mol. The summed E-state index contributed by atoms with van der Waals surface area (Å²) < 4.78 is 0. The smallest absolute Gasteiger partial charge is 0.114 e. The quantitative estimate of drug-likeness (QED) is 0.607. The molecule has 1 aromatic heterocycles. The van der Waals surface area contributed by atoms with Gasteiger partial charge in [0.05, 0.1) is 5.69 Å². The van der Waals surface area contributed by atoms with E-state index >= 15 is 0 Å². The van der Waals surface area contributed by atoms with E-state index < -0.39 is 8.07 Å². The van der Waals surface area contributed by atoms with E-state index in [1.165, 1.54) is 21.5 Å². The highest BCUT2D eigenvalue weighted by Gasteiger charge is 2.29. The standard InChI is InChI=1S/C23H27NSi/c1-18(2)15-20-16-22(19-11-7-5-8-12-19)24-17-23(20)25(3,4)21-13-9-6-10-14-21/h5-14,16-18H,15H2,1-4H3. The molecular formula is C23H27NSi. The number of nitrogens with zero attached hydrogens (tertiary/aromatic N) is 1. The van der Waals surface area contributed by atoms with Crippen molar-refractivity contribution in [3.05, 3.63) is 78.5 Å². The van der Waals surface area contributed by atoms with Gasteiger partial charge in [-0.1, -0.05) is 92.8 Å². The summed E-state index contributed by atoms with van der Waals surface area (Å²) in [5.41, 5.74) is 3.74. The van der Waals surface area contributed by atoms with Crippen molar-refractivity contribution >= 4 is 18.4 Å². The Morgan fingerprint density at radius 2 is 1.48 bits per heavy atom. The van der Waals surface area contributed by atoms with Crippen molar-refractivity contribution in [2.24, 2.45) is 5.92 Å². The lowest BCUT2D eigenvalue weighted by Crippen LogP contribution is -2.54. The molecule has 0 amide bonds. The van der Waals surface area contributed by atoms with Gasteiger partial charge >= 0.3 is 0 Å². The largest absolute Gasteiger partial charge is 0.256 e. The maximum atomic E-state index is 4.84. The summed E-state index contributed by atoms with van der Waals surface area (Å²) in [6, 6.07) is 23.8. The van der Waals surface area contributed by atoms with Crippen LogP contribution in [0.25, 0.3) is 11.3 Å². The summed E-state index contributed by atoms with van der Waals surface area (Å²) in [5, 5.41) is 2.93. The lowest BCUT2D eigenvalue weighted by Gasteiger charge is -2.27. The lowest BCUT2D eigenvalue weighted by molar-refractivity contribution is 0.649. The van der Waals surface area contributed by atoms with Crippen LogP contribution in [0.3, 0.4) is 0 Å². The Balaban J connectivity index is 2.10. The van der Waals surface area contributed by atoms with Gasteiger partial charge in [0.2, 0.25) is 0 Å². The first-order chi connectivity index (χ1) is 12.0. The summed E-state index contributed by atoms with van der Waals surface area (Å²) >= 11 is 0. The van der Waals surface area contributed by atoms with Crippen LogP contribution in [0.1, 0.15) is 19.4 Å². The van der Waals surface area contributed by atoms with E-state index in [9.17, 15) is 0 Å². The number of hydrogen-bond donors (Lipinski definition) is 0. The number of pyridine rings is 1. The second-order valence-electron chi connectivity index (χ2n) is 7.68. The Hall–Kier alpha value is -2.19. The maximum Gasteiger partial charge on any atom is 0.114 e. The zero-order valence-corrected chi connectivity index (χ0v) is 16.7. The van der Waals surface area contributed by atoms with Crippen molar-refractivity contribution in [2.75, 3.05) is 0 Å². The molecule has 3 aromatic rings. The Morgan fingerprint density at radius 1 is 0.880 bits per heavy atom. The van der Waals surface area contributed by atoms with Gasteiger partial charge in [-0.05, 0) is 29.2 Å². The minimum absolute atomic E-state index is 0.630. The van der Waals surface area contributed by atoms with Gasteiger partial charge in [-0.15, -0.1) is 0 Å². The predicted octanol–water partition coefficient (Wildman–Crippen LogP) is 4.77. The van der Waals surface area contributed by atoms with Gasteiger partial charge in [0.15, 0.2) is 0 Å². The van der Waals surface area contributed by atoms with Crippen LogP contribution in [0, 0.1) is 5.92 Å². The molecule has 2 heteroatoms.